The van der Waals surface area contributed by atoms with Crippen molar-refractivity contribution in [3.8, 4) is 0 Å². The van der Waals surface area contributed by atoms with Crippen LogP contribution in [0.3, 0.4) is 0 Å². The number of aliphatic hydroxyl groups is 1. The fraction of sp³-hybridized carbons (Fsp3) is 0.556. The van der Waals surface area contributed by atoms with Crippen molar-refractivity contribution in [3.63, 3.8) is 0 Å². The summed E-state index contributed by atoms with van der Waals surface area (Å²) in [6.45, 7) is 0. The number of hydrogen-bond acceptors (Lipinski definition) is 1. The van der Waals surface area contributed by atoms with Crippen LogP contribution < -0.4 is 0 Å². The first-order valence-electron chi connectivity index (χ1n) is 3.93. The van der Waals surface area contributed by atoms with Gasteiger partial charge >= 0.3 is 0 Å². The van der Waals surface area contributed by atoms with Crippen LogP contribution in [0.4, 0.5) is 0 Å². The van der Waals surface area contributed by atoms with Crippen molar-refractivity contribution in [2.24, 2.45) is 0 Å². The van der Waals surface area contributed by atoms with E-state index in [0.717, 1.165) is 12.8 Å². The fourth-order valence-electron chi connectivity index (χ4n) is 1.79. The highest BCUT2D eigenvalue weighted by molar-refractivity contribution is 5.38. The van der Waals surface area contributed by atoms with Crippen LogP contribution in [0.5, 0.6) is 0 Å². The summed E-state index contributed by atoms with van der Waals surface area (Å²) in [6.07, 6.45) is 8.59. The lowest BCUT2D eigenvalue weighted by atomic mass is 10.0. The van der Waals surface area contributed by atoms with Crippen LogP contribution in [-0.2, 0) is 0 Å². The molecule has 2 aliphatic rings. The quantitative estimate of drug-likeness (QED) is 0.538. The number of hydrogen-bond donors (Lipinski definition) is 1. The van der Waals surface area contributed by atoms with Gasteiger partial charge in [0.1, 0.15) is 0 Å². The summed E-state index contributed by atoms with van der Waals surface area (Å²) in [5.74, 6) is 0. The third-order valence-electron chi connectivity index (χ3n) is 2.27. The lowest BCUT2D eigenvalue weighted by Crippen LogP contribution is -1.95. The summed E-state index contributed by atoms with van der Waals surface area (Å²) in [6, 6.07) is 0. The first-order chi connectivity index (χ1) is 4.86. The maximum Gasteiger partial charge on any atom is 0.0620 e. The summed E-state index contributed by atoms with van der Waals surface area (Å²) in [7, 11) is 0. The van der Waals surface area contributed by atoms with Crippen LogP contribution in [0.2, 0.25) is 0 Å². The van der Waals surface area contributed by atoms with Gasteiger partial charge < -0.3 is 5.11 Å². The average molecular weight is 136 g/mol. The molecule has 0 aromatic carbocycles. The zero-order chi connectivity index (χ0) is 6.97. The molecule has 1 heteroatoms. The smallest absolute Gasteiger partial charge is 0.0620 e. The molecule has 0 heterocycles. The Bertz CT molecular complexity index is 179. The minimum absolute atomic E-state index is 0.0874. The van der Waals surface area contributed by atoms with E-state index in [-0.39, 0.29) is 6.10 Å². The Morgan fingerprint density at radius 3 is 2.10 bits per heavy atom. The molecule has 0 atom stereocenters. The molecule has 0 saturated heterocycles. The molecule has 0 radical (unpaired) electrons. The average Bonchev–Trinajstić information content (AvgIpc) is 2.27. The molecule has 2 aliphatic carbocycles. The predicted molar refractivity (Wildman–Crippen MR) is 40.6 cm³/mol. The lowest BCUT2D eigenvalue weighted by molar-refractivity contribution is 0.190. The summed E-state index contributed by atoms with van der Waals surface area (Å²) in [4.78, 5) is 0. The molecule has 0 aromatic heterocycles. The molecule has 0 amide bonds. The molecule has 54 valence electrons. The van der Waals surface area contributed by atoms with E-state index in [1.807, 2.05) is 0 Å². The molecule has 1 N–H and O–H groups in total. The number of fused-ring (bicyclic) bond motifs is 1. The highest BCUT2D eigenvalue weighted by Gasteiger charge is 2.22. The van der Waals surface area contributed by atoms with Crippen molar-refractivity contribution in [2.45, 2.75) is 31.8 Å². The van der Waals surface area contributed by atoms with Crippen molar-refractivity contribution in [1.82, 2.24) is 0 Å². The molecule has 0 aromatic rings. The van der Waals surface area contributed by atoms with Crippen molar-refractivity contribution < 1.29 is 5.11 Å². The highest BCUT2D eigenvalue weighted by atomic mass is 16.3. The number of rotatable bonds is 0. The Morgan fingerprint density at radius 1 is 1.10 bits per heavy atom. The van der Waals surface area contributed by atoms with Gasteiger partial charge in [-0.2, -0.15) is 0 Å². The van der Waals surface area contributed by atoms with E-state index < -0.39 is 0 Å². The normalized spacial score (nSPS) is 25.7. The summed E-state index contributed by atoms with van der Waals surface area (Å²) >= 11 is 0. The molecule has 1 fully saturated rings. The zero-order valence-electron chi connectivity index (χ0n) is 6.01. The first-order valence-corrected chi connectivity index (χ1v) is 3.93. The van der Waals surface area contributed by atoms with Gasteiger partial charge in [0.25, 0.3) is 0 Å². The molecule has 0 unspecified atom stereocenters. The second kappa shape index (κ2) is 2.24. The SMILES string of the molecule is OC1CC2=CCCC=C2C1. The lowest BCUT2D eigenvalue weighted by Gasteiger charge is -2.04. The molecule has 1 nitrogen and oxygen atoms in total. The van der Waals surface area contributed by atoms with E-state index in [2.05, 4.69) is 12.2 Å². The fourth-order valence-corrected chi connectivity index (χ4v) is 1.79. The van der Waals surface area contributed by atoms with Gasteiger partial charge in [0.15, 0.2) is 0 Å². The van der Waals surface area contributed by atoms with Crippen LogP contribution in [0.1, 0.15) is 25.7 Å². The monoisotopic (exact) mass is 136 g/mol. The summed E-state index contributed by atoms with van der Waals surface area (Å²) in [5, 5.41) is 9.28. The molecule has 0 spiro atoms. The van der Waals surface area contributed by atoms with E-state index in [1.165, 1.54) is 24.0 Å². The van der Waals surface area contributed by atoms with Crippen molar-refractivity contribution in [2.75, 3.05) is 0 Å². The van der Waals surface area contributed by atoms with Gasteiger partial charge in [-0.1, -0.05) is 12.2 Å². The van der Waals surface area contributed by atoms with Crippen LogP contribution in [0.15, 0.2) is 23.3 Å². The minimum atomic E-state index is -0.0874. The number of aliphatic hydroxyl groups excluding tert-OH is 1. The van der Waals surface area contributed by atoms with Gasteiger partial charge in [-0.15, -0.1) is 0 Å². The maximum absolute atomic E-state index is 9.28. The molecular weight excluding hydrogens is 124 g/mol. The molecule has 10 heavy (non-hydrogen) atoms. The van der Waals surface area contributed by atoms with Crippen LogP contribution in [-0.4, -0.2) is 11.2 Å². The maximum atomic E-state index is 9.28. The Kier molecular flexibility index (Phi) is 1.38. The summed E-state index contributed by atoms with van der Waals surface area (Å²) < 4.78 is 0. The van der Waals surface area contributed by atoms with Gasteiger partial charge in [-0.3, -0.25) is 0 Å². The molecule has 0 bridgehead atoms. The van der Waals surface area contributed by atoms with E-state index in [1.54, 1.807) is 0 Å². The largest absolute Gasteiger partial charge is 0.392 e. The van der Waals surface area contributed by atoms with E-state index in [0.29, 0.717) is 0 Å². The van der Waals surface area contributed by atoms with Gasteiger partial charge in [0, 0.05) is 0 Å². The Labute approximate surface area is 61.1 Å². The third-order valence-corrected chi connectivity index (χ3v) is 2.27. The molecule has 0 aliphatic heterocycles. The van der Waals surface area contributed by atoms with Gasteiger partial charge in [-0.25, -0.2) is 0 Å². The molecule has 2 rings (SSSR count). The second-order valence-electron chi connectivity index (χ2n) is 3.10. The minimum Gasteiger partial charge on any atom is -0.392 e. The second-order valence-corrected chi connectivity index (χ2v) is 3.10. The van der Waals surface area contributed by atoms with Crippen LogP contribution in [0.25, 0.3) is 0 Å². The molecule has 1 saturated carbocycles. The van der Waals surface area contributed by atoms with Crippen molar-refractivity contribution >= 4 is 0 Å². The van der Waals surface area contributed by atoms with Crippen molar-refractivity contribution in [1.29, 1.82) is 0 Å². The van der Waals surface area contributed by atoms with Crippen LogP contribution in [0, 0.1) is 0 Å². The Balaban J connectivity index is 2.25. The Morgan fingerprint density at radius 2 is 1.60 bits per heavy atom. The van der Waals surface area contributed by atoms with Gasteiger partial charge in [0.2, 0.25) is 0 Å². The summed E-state index contributed by atoms with van der Waals surface area (Å²) in [5.41, 5.74) is 2.80. The first kappa shape index (κ1) is 6.17. The van der Waals surface area contributed by atoms with E-state index in [4.69, 9.17) is 0 Å². The van der Waals surface area contributed by atoms with E-state index >= 15 is 0 Å². The van der Waals surface area contributed by atoms with Crippen molar-refractivity contribution in [3.05, 3.63) is 23.3 Å². The van der Waals surface area contributed by atoms with Gasteiger partial charge in [0.05, 0.1) is 6.10 Å². The van der Waals surface area contributed by atoms with Crippen LogP contribution >= 0.6 is 0 Å². The van der Waals surface area contributed by atoms with E-state index in [9.17, 15) is 5.11 Å². The van der Waals surface area contributed by atoms with Gasteiger partial charge in [-0.05, 0) is 36.8 Å². The topological polar surface area (TPSA) is 20.2 Å². The Hall–Kier alpha value is -0.560. The highest BCUT2D eigenvalue weighted by Crippen LogP contribution is 2.33. The standard InChI is InChI=1S/C9H12O/c10-9-5-7-3-1-2-4-8(7)6-9/h3-4,9-10H,1-2,5-6H2. The molecular formula is C9H12O. The number of allylic oxidation sites excluding steroid dienone is 2. The predicted octanol–water partition coefficient (Wildman–Crippen LogP) is 1.79. The third kappa shape index (κ3) is 0.907. The zero-order valence-corrected chi connectivity index (χ0v) is 6.01.